The molecule has 2 aromatic rings. The largest absolute Gasteiger partial charge is 0.314 e. The Morgan fingerprint density at radius 3 is 2.89 bits per heavy atom. The molecule has 2 aromatic heterocycles. The Morgan fingerprint density at radius 1 is 1.22 bits per heavy atom. The van der Waals surface area contributed by atoms with Crippen LogP contribution >= 0.6 is 11.3 Å². The van der Waals surface area contributed by atoms with Gasteiger partial charge in [0.15, 0.2) is 16.6 Å². The van der Waals surface area contributed by atoms with Crippen LogP contribution in [0, 0.1) is 11.3 Å². The van der Waals surface area contributed by atoms with Crippen molar-refractivity contribution in [3.63, 3.8) is 0 Å². The highest BCUT2D eigenvalue weighted by molar-refractivity contribution is 7.15. The van der Waals surface area contributed by atoms with Gasteiger partial charge in [0.1, 0.15) is 6.07 Å². The first-order valence-electron chi connectivity index (χ1n) is 5.83. The van der Waals surface area contributed by atoms with Crippen LogP contribution in [-0.4, -0.2) is 15.0 Å². The van der Waals surface area contributed by atoms with Gasteiger partial charge in [0.05, 0.1) is 5.69 Å². The predicted octanol–water partition coefficient (Wildman–Crippen LogP) is 2.43. The Balaban J connectivity index is 1.88. The van der Waals surface area contributed by atoms with Gasteiger partial charge in [0.25, 0.3) is 0 Å². The predicted molar refractivity (Wildman–Crippen MR) is 68.8 cm³/mol. The number of anilines is 2. The van der Waals surface area contributed by atoms with Crippen LogP contribution in [0.25, 0.3) is 0 Å². The summed E-state index contributed by atoms with van der Waals surface area (Å²) in [4.78, 5) is 14.0. The van der Waals surface area contributed by atoms with E-state index in [0.29, 0.717) is 11.5 Å². The molecule has 18 heavy (non-hydrogen) atoms. The van der Waals surface area contributed by atoms with Crippen molar-refractivity contribution >= 4 is 22.3 Å². The van der Waals surface area contributed by atoms with E-state index in [2.05, 4.69) is 20.3 Å². The number of rotatable bonds is 2. The molecule has 0 spiro atoms. The second-order valence-corrected chi connectivity index (χ2v) is 5.17. The fourth-order valence-corrected chi connectivity index (χ4v) is 3.07. The van der Waals surface area contributed by atoms with E-state index in [4.69, 9.17) is 5.26 Å². The molecule has 0 aromatic carbocycles. The van der Waals surface area contributed by atoms with Crippen molar-refractivity contribution in [1.29, 1.82) is 5.26 Å². The Bertz CT molecular complexity index is 590. The first-order valence-corrected chi connectivity index (χ1v) is 6.65. The third-order valence-electron chi connectivity index (χ3n) is 2.88. The molecular formula is C12H11N5S. The Labute approximate surface area is 109 Å². The van der Waals surface area contributed by atoms with Gasteiger partial charge in [0.2, 0.25) is 0 Å². The lowest BCUT2D eigenvalue weighted by Crippen LogP contribution is -2.00. The minimum Gasteiger partial charge on any atom is -0.314 e. The van der Waals surface area contributed by atoms with Crippen LogP contribution < -0.4 is 5.32 Å². The molecule has 3 rings (SSSR count). The van der Waals surface area contributed by atoms with Gasteiger partial charge in [-0.1, -0.05) is 0 Å². The van der Waals surface area contributed by atoms with Gasteiger partial charge in [0, 0.05) is 17.3 Å². The zero-order valence-electron chi connectivity index (χ0n) is 9.68. The maximum Gasteiger partial charge on any atom is 0.188 e. The quantitative estimate of drug-likeness (QED) is 0.894. The maximum absolute atomic E-state index is 8.95. The van der Waals surface area contributed by atoms with Crippen LogP contribution in [0.15, 0.2) is 12.4 Å². The highest BCUT2D eigenvalue weighted by atomic mass is 32.1. The van der Waals surface area contributed by atoms with E-state index in [0.717, 1.165) is 18.0 Å². The van der Waals surface area contributed by atoms with Crippen molar-refractivity contribution < 1.29 is 0 Å². The van der Waals surface area contributed by atoms with Gasteiger partial charge in [-0.2, -0.15) is 5.26 Å². The molecule has 0 saturated carbocycles. The molecule has 90 valence electrons. The van der Waals surface area contributed by atoms with Crippen LogP contribution in [-0.2, 0) is 12.8 Å². The first kappa shape index (κ1) is 11.1. The van der Waals surface area contributed by atoms with Gasteiger partial charge < -0.3 is 5.32 Å². The standard InChI is InChI=1S/C12H11N5S/c13-7-9-11(15-6-5-14-9)17-12-16-8-3-1-2-4-10(8)18-12/h5-6H,1-4H2,(H,15,16,17). The van der Waals surface area contributed by atoms with E-state index >= 15 is 0 Å². The molecule has 0 unspecified atom stereocenters. The number of hydrogen-bond acceptors (Lipinski definition) is 6. The molecule has 1 aliphatic rings. The molecule has 0 amide bonds. The van der Waals surface area contributed by atoms with Crippen molar-refractivity contribution in [3.05, 3.63) is 28.7 Å². The summed E-state index contributed by atoms with van der Waals surface area (Å²) in [5, 5.41) is 12.8. The lowest BCUT2D eigenvalue weighted by Gasteiger charge is -2.06. The third kappa shape index (κ3) is 2.05. The molecule has 5 nitrogen and oxygen atoms in total. The highest BCUT2D eigenvalue weighted by Crippen LogP contribution is 2.31. The summed E-state index contributed by atoms with van der Waals surface area (Å²) >= 11 is 1.65. The average Bonchev–Trinajstić information content (AvgIpc) is 2.81. The molecule has 0 aliphatic heterocycles. The number of hydrogen-bond donors (Lipinski definition) is 1. The fraction of sp³-hybridized carbons (Fsp3) is 0.333. The number of thiazole rings is 1. The van der Waals surface area contributed by atoms with Crippen LogP contribution in [0.2, 0.25) is 0 Å². The molecule has 1 aliphatic carbocycles. The smallest absolute Gasteiger partial charge is 0.188 e. The van der Waals surface area contributed by atoms with E-state index < -0.39 is 0 Å². The summed E-state index contributed by atoms with van der Waals surface area (Å²) < 4.78 is 0. The second kappa shape index (κ2) is 4.70. The van der Waals surface area contributed by atoms with Gasteiger partial charge >= 0.3 is 0 Å². The van der Waals surface area contributed by atoms with Gasteiger partial charge in [-0.3, -0.25) is 0 Å². The molecule has 1 N–H and O–H groups in total. The van der Waals surface area contributed by atoms with Gasteiger partial charge in [-0.15, -0.1) is 11.3 Å². The van der Waals surface area contributed by atoms with E-state index in [1.54, 1.807) is 17.5 Å². The van der Waals surface area contributed by atoms with Crippen molar-refractivity contribution in [3.8, 4) is 6.07 Å². The minimum atomic E-state index is 0.297. The molecule has 6 heteroatoms. The fourth-order valence-electron chi connectivity index (χ4n) is 2.02. The zero-order valence-corrected chi connectivity index (χ0v) is 10.5. The van der Waals surface area contributed by atoms with Crippen molar-refractivity contribution in [2.24, 2.45) is 0 Å². The number of nitrogens with one attached hydrogen (secondary N) is 1. The molecule has 0 radical (unpaired) electrons. The molecular weight excluding hydrogens is 246 g/mol. The topological polar surface area (TPSA) is 74.5 Å². The Morgan fingerprint density at radius 2 is 2.06 bits per heavy atom. The van der Waals surface area contributed by atoms with Crippen LogP contribution in [0.3, 0.4) is 0 Å². The van der Waals surface area contributed by atoms with E-state index in [-0.39, 0.29) is 0 Å². The number of fused-ring (bicyclic) bond motifs is 1. The minimum absolute atomic E-state index is 0.297. The van der Waals surface area contributed by atoms with Gasteiger partial charge in [-0.05, 0) is 25.7 Å². The number of nitriles is 1. The number of aryl methyl sites for hydroxylation is 2. The summed E-state index contributed by atoms with van der Waals surface area (Å²) in [5.74, 6) is 0.478. The van der Waals surface area contributed by atoms with Crippen LogP contribution in [0.5, 0.6) is 0 Å². The zero-order chi connectivity index (χ0) is 12.4. The average molecular weight is 257 g/mol. The van der Waals surface area contributed by atoms with Gasteiger partial charge in [-0.25, -0.2) is 15.0 Å². The monoisotopic (exact) mass is 257 g/mol. The van der Waals surface area contributed by atoms with E-state index in [1.807, 2.05) is 6.07 Å². The molecule has 0 fully saturated rings. The summed E-state index contributed by atoms with van der Waals surface area (Å²) in [6.45, 7) is 0. The number of aromatic nitrogens is 3. The van der Waals surface area contributed by atoms with Crippen LogP contribution in [0.1, 0.15) is 29.1 Å². The maximum atomic E-state index is 8.95. The normalized spacial score (nSPS) is 13.7. The highest BCUT2D eigenvalue weighted by Gasteiger charge is 2.16. The second-order valence-electron chi connectivity index (χ2n) is 4.09. The third-order valence-corrected chi connectivity index (χ3v) is 3.95. The van der Waals surface area contributed by atoms with Crippen LogP contribution in [0.4, 0.5) is 10.9 Å². The Hall–Kier alpha value is -2.00. The lowest BCUT2D eigenvalue weighted by atomic mass is 10.0. The summed E-state index contributed by atoms with van der Waals surface area (Å²) in [6, 6.07) is 2.02. The molecule has 2 heterocycles. The van der Waals surface area contributed by atoms with Crippen molar-refractivity contribution in [1.82, 2.24) is 15.0 Å². The van der Waals surface area contributed by atoms with Crippen molar-refractivity contribution in [2.75, 3.05) is 5.32 Å². The molecule has 0 atom stereocenters. The lowest BCUT2D eigenvalue weighted by molar-refractivity contribution is 0.683. The molecule has 0 bridgehead atoms. The summed E-state index contributed by atoms with van der Waals surface area (Å²) in [5.41, 5.74) is 1.49. The van der Waals surface area contributed by atoms with Crippen molar-refractivity contribution in [2.45, 2.75) is 25.7 Å². The number of nitrogens with zero attached hydrogens (tertiary/aromatic N) is 4. The summed E-state index contributed by atoms with van der Waals surface area (Å²) in [7, 11) is 0. The first-order chi connectivity index (χ1) is 8.86. The summed E-state index contributed by atoms with van der Waals surface area (Å²) in [6.07, 6.45) is 7.70. The van der Waals surface area contributed by atoms with E-state index in [9.17, 15) is 0 Å². The molecule has 0 saturated heterocycles. The Kier molecular flexibility index (Phi) is 2.90. The van der Waals surface area contributed by atoms with E-state index in [1.165, 1.54) is 29.6 Å². The SMILES string of the molecule is N#Cc1nccnc1Nc1nc2c(s1)CCCC2.